The van der Waals surface area contributed by atoms with Crippen molar-refractivity contribution < 1.29 is 4.42 Å². The standard InChI is InChI=1S/C45H27N3O/c1-3-13-28(14-4-1)39-27-40(29-15-5-2-6-16-29)48-45(47-39)31-23-24-38-37(26-31)44-42(35-21-11-12-22-41(35)49-44)43(46-38)36-25-30-17-7-8-18-32(30)33-19-9-10-20-34(33)36/h1-27H. The van der Waals surface area contributed by atoms with Crippen LogP contribution in [-0.2, 0) is 0 Å². The molecule has 0 aliphatic heterocycles. The third-order valence-electron chi connectivity index (χ3n) is 9.45. The van der Waals surface area contributed by atoms with E-state index in [0.29, 0.717) is 5.82 Å². The maximum Gasteiger partial charge on any atom is 0.160 e. The molecule has 10 rings (SSSR count). The van der Waals surface area contributed by atoms with Gasteiger partial charge in [0.1, 0.15) is 11.2 Å². The average Bonchev–Trinajstić information content (AvgIpc) is 3.58. The second kappa shape index (κ2) is 11.0. The van der Waals surface area contributed by atoms with Crippen LogP contribution in [-0.4, -0.2) is 15.0 Å². The van der Waals surface area contributed by atoms with E-state index in [2.05, 4.69) is 115 Å². The number of hydrogen-bond donors (Lipinski definition) is 0. The van der Waals surface area contributed by atoms with Crippen molar-refractivity contribution >= 4 is 54.4 Å². The van der Waals surface area contributed by atoms with Crippen LogP contribution in [0.15, 0.2) is 168 Å². The smallest absolute Gasteiger partial charge is 0.160 e. The molecule has 3 heterocycles. The van der Waals surface area contributed by atoms with Gasteiger partial charge < -0.3 is 4.42 Å². The molecule has 0 radical (unpaired) electrons. The van der Waals surface area contributed by atoms with Gasteiger partial charge in [0, 0.05) is 33.0 Å². The van der Waals surface area contributed by atoms with E-state index in [4.69, 9.17) is 19.4 Å². The number of para-hydroxylation sites is 1. The molecule has 0 saturated carbocycles. The van der Waals surface area contributed by atoms with Crippen LogP contribution in [0, 0.1) is 0 Å². The zero-order chi connectivity index (χ0) is 32.3. The fourth-order valence-corrected chi connectivity index (χ4v) is 7.14. The molecule has 3 aromatic heterocycles. The van der Waals surface area contributed by atoms with Gasteiger partial charge in [-0.05, 0) is 57.9 Å². The normalized spacial score (nSPS) is 11.7. The first kappa shape index (κ1) is 27.5. The van der Waals surface area contributed by atoms with Crippen molar-refractivity contribution in [3.63, 3.8) is 0 Å². The summed E-state index contributed by atoms with van der Waals surface area (Å²) >= 11 is 0. The Labute approximate surface area is 282 Å². The van der Waals surface area contributed by atoms with Crippen LogP contribution in [0.25, 0.3) is 99.5 Å². The summed E-state index contributed by atoms with van der Waals surface area (Å²) < 4.78 is 6.72. The first-order valence-electron chi connectivity index (χ1n) is 16.4. The predicted molar refractivity (Wildman–Crippen MR) is 201 cm³/mol. The minimum absolute atomic E-state index is 0.649. The number of nitrogens with zero attached hydrogens (tertiary/aromatic N) is 3. The van der Waals surface area contributed by atoms with Gasteiger partial charge in [0.2, 0.25) is 0 Å². The van der Waals surface area contributed by atoms with E-state index in [0.717, 1.165) is 77.6 Å². The largest absolute Gasteiger partial charge is 0.455 e. The first-order chi connectivity index (χ1) is 24.3. The van der Waals surface area contributed by atoms with E-state index in [1.54, 1.807) is 0 Å². The van der Waals surface area contributed by atoms with E-state index < -0.39 is 0 Å². The minimum Gasteiger partial charge on any atom is -0.455 e. The van der Waals surface area contributed by atoms with Gasteiger partial charge in [-0.15, -0.1) is 0 Å². The lowest BCUT2D eigenvalue weighted by Gasteiger charge is -2.13. The summed E-state index contributed by atoms with van der Waals surface area (Å²) in [6.07, 6.45) is 0. The number of hydrogen-bond acceptors (Lipinski definition) is 4. The summed E-state index contributed by atoms with van der Waals surface area (Å²) in [4.78, 5) is 15.6. The van der Waals surface area contributed by atoms with Crippen molar-refractivity contribution in [2.45, 2.75) is 0 Å². The molecule has 0 atom stereocenters. The maximum atomic E-state index is 6.72. The van der Waals surface area contributed by atoms with Crippen LogP contribution >= 0.6 is 0 Å². The highest BCUT2D eigenvalue weighted by Gasteiger charge is 2.21. The number of aromatic nitrogens is 3. The molecule has 0 bridgehead atoms. The highest BCUT2D eigenvalue weighted by atomic mass is 16.3. The quantitative estimate of drug-likeness (QED) is 0.183. The lowest BCUT2D eigenvalue weighted by atomic mass is 9.93. The molecule has 0 aliphatic carbocycles. The second-order valence-electron chi connectivity index (χ2n) is 12.4. The summed E-state index contributed by atoms with van der Waals surface area (Å²) in [7, 11) is 0. The van der Waals surface area contributed by atoms with Crippen molar-refractivity contribution in [2.75, 3.05) is 0 Å². The number of benzene rings is 7. The summed E-state index contributed by atoms with van der Waals surface area (Å²) in [5.74, 6) is 0.649. The molecule has 4 heteroatoms. The number of rotatable bonds is 4. The second-order valence-corrected chi connectivity index (χ2v) is 12.4. The fraction of sp³-hybridized carbons (Fsp3) is 0. The number of pyridine rings is 1. The molecule has 10 aromatic rings. The van der Waals surface area contributed by atoms with Gasteiger partial charge >= 0.3 is 0 Å². The molecule has 0 spiro atoms. The first-order valence-corrected chi connectivity index (χ1v) is 16.4. The molecule has 4 nitrogen and oxygen atoms in total. The van der Waals surface area contributed by atoms with E-state index in [-0.39, 0.29) is 0 Å². The van der Waals surface area contributed by atoms with Gasteiger partial charge in [-0.25, -0.2) is 15.0 Å². The van der Waals surface area contributed by atoms with Crippen molar-refractivity contribution in [1.29, 1.82) is 0 Å². The zero-order valence-corrected chi connectivity index (χ0v) is 26.3. The average molecular weight is 626 g/mol. The SMILES string of the molecule is c1ccc(-c2cc(-c3ccccc3)nc(-c3ccc4nc(-c5cc6ccccc6c6ccccc56)c5c6ccccc6oc5c4c3)n2)cc1. The van der Waals surface area contributed by atoms with E-state index in [1.165, 1.54) is 16.2 Å². The molecule has 7 aromatic carbocycles. The van der Waals surface area contributed by atoms with Crippen LogP contribution in [0.2, 0.25) is 0 Å². The Balaban J connectivity index is 1.25. The topological polar surface area (TPSA) is 51.8 Å². The molecule has 0 unspecified atom stereocenters. The van der Waals surface area contributed by atoms with Crippen LogP contribution < -0.4 is 0 Å². The van der Waals surface area contributed by atoms with E-state index in [1.807, 2.05) is 48.5 Å². The van der Waals surface area contributed by atoms with Crippen LogP contribution in [0.1, 0.15) is 0 Å². The van der Waals surface area contributed by atoms with Gasteiger partial charge in [0.25, 0.3) is 0 Å². The summed E-state index contributed by atoms with van der Waals surface area (Å²) in [5, 5.41) is 7.75. The molecular weight excluding hydrogens is 599 g/mol. The maximum absolute atomic E-state index is 6.72. The summed E-state index contributed by atoms with van der Waals surface area (Å²) in [6, 6.07) is 56.6. The van der Waals surface area contributed by atoms with E-state index >= 15 is 0 Å². The molecule has 0 amide bonds. The Morgan fingerprint density at radius 2 is 1.02 bits per heavy atom. The molecule has 49 heavy (non-hydrogen) atoms. The van der Waals surface area contributed by atoms with Gasteiger partial charge in [-0.3, -0.25) is 0 Å². The molecule has 0 aliphatic rings. The molecule has 0 saturated heterocycles. The summed E-state index contributed by atoms with van der Waals surface area (Å²) in [5.41, 5.74) is 9.21. The van der Waals surface area contributed by atoms with Gasteiger partial charge in [-0.1, -0.05) is 127 Å². The molecule has 0 fully saturated rings. The Morgan fingerprint density at radius 3 is 1.76 bits per heavy atom. The van der Waals surface area contributed by atoms with Crippen molar-refractivity contribution in [1.82, 2.24) is 15.0 Å². The highest BCUT2D eigenvalue weighted by Crippen LogP contribution is 2.43. The third-order valence-corrected chi connectivity index (χ3v) is 9.45. The Morgan fingerprint density at radius 1 is 0.408 bits per heavy atom. The van der Waals surface area contributed by atoms with Gasteiger partial charge in [0.05, 0.1) is 28.0 Å². The van der Waals surface area contributed by atoms with Crippen LogP contribution in [0.4, 0.5) is 0 Å². The number of furan rings is 1. The van der Waals surface area contributed by atoms with Crippen molar-refractivity contribution in [3.05, 3.63) is 164 Å². The van der Waals surface area contributed by atoms with Crippen molar-refractivity contribution in [3.8, 4) is 45.2 Å². The van der Waals surface area contributed by atoms with E-state index in [9.17, 15) is 0 Å². The minimum atomic E-state index is 0.649. The Bertz CT molecular complexity index is 2820. The third kappa shape index (κ3) is 4.49. The van der Waals surface area contributed by atoms with Gasteiger partial charge in [-0.2, -0.15) is 0 Å². The van der Waals surface area contributed by atoms with Crippen LogP contribution in [0.3, 0.4) is 0 Å². The predicted octanol–water partition coefficient (Wildman–Crippen LogP) is 11.9. The zero-order valence-electron chi connectivity index (χ0n) is 26.3. The molecule has 228 valence electrons. The molecular formula is C45H27N3O. The number of fused-ring (bicyclic) bond motifs is 8. The lowest BCUT2D eigenvalue weighted by Crippen LogP contribution is -1.96. The van der Waals surface area contributed by atoms with Crippen molar-refractivity contribution in [2.24, 2.45) is 0 Å². The lowest BCUT2D eigenvalue weighted by molar-refractivity contribution is 0.672. The Hall–Kier alpha value is -6.65. The van der Waals surface area contributed by atoms with Gasteiger partial charge in [0.15, 0.2) is 5.82 Å². The molecule has 0 N–H and O–H groups in total. The highest BCUT2D eigenvalue weighted by molar-refractivity contribution is 6.23. The monoisotopic (exact) mass is 625 g/mol. The van der Waals surface area contributed by atoms with Crippen LogP contribution in [0.5, 0.6) is 0 Å². The fourth-order valence-electron chi connectivity index (χ4n) is 7.14. The summed E-state index contributed by atoms with van der Waals surface area (Å²) in [6.45, 7) is 0. The Kier molecular flexibility index (Phi) is 6.15.